The van der Waals surface area contributed by atoms with Crippen LogP contribution in [-0.2, 0) is 24.2 Å². The van der Waals surface area contributed by atoms with Gasteiger partial charge in [0.15, 0.2) is 0 Å². The first-order valence-electron chi connectivity index (χ1n) is 9.13. The summed E-state index contributed by atoms with van der Waals surface area (Å²) in [6.45, 7) is 4.71. The summed E-state index contributed by atoms with van der Waals surface area (Å²) in [6.07, 6.45) is 2.37. The smallest absolute Gasteiger partial charge is 0.227 e. The van der Waals surface area contributed by atoms with Crippen molar-refractivity contribution in [2.45, 2.75) is 38.8 Å². The molecule has 26 heavy (non-hydrogen) atoms. The lowest BCUT2D eigenvalue weighted by Gasteiger charge is -2.36. The van der Waals surface area contributed by atoms with E-state index in [-0.39, 0.29) is 5.91 Å². The van der Waals surface area contributed by atoms with Gasteiger partial charge in [0.05, 0.1) is 0 Å². The number of fused-ring (bicyclic) bond motifs is 1. The fourth-order valence-corrected chi connectivity index (χ4v) is 3.99. The summed E-state index contributed by atoms with van der Waals surface area (Å²) in [7, 11) is 4.27. The van der Waals surface area contributed by atoms with Gasteiger partial charge in [-0.1, -0.05) is 42.5 Å². The molecule has 0 spiro atoms. The van der Waals surface area contributed by atoms with Crippen LogP contribution in [0.15, 0.2) is 24.3 Å². The lowest BCUT2D eigenvalue weighted by Crippen LogP contribution is -2.45. The molecule has 0 radical (unpaired) electrons. The van der Waals surface area contributed by atoms with Crippen molar-refractivity contribution in [3.8, 4) is 0 Å². The van der Waals surface area contributed by atoms with Crippen LogP contribution in [0.4, 0.5) is 5.13 Å². The van der Waals surface area contributed by atoms with Crippen LogP contribution in [0.5, 0.6) is 0 Å². The van der Waals surface area contributed by atoms with Crippen LogP contribution in [0.25, 0.3) is 0 Å². The second-order valence-corrected chi connectivity index (χ2v) is 8.02. The zero-order chi connectivity index (χ0) is 18.5. The van der Waals surface area contributed by atoms with Gasteiger partial charge in [0.2, 0.25) is 11.0 Å². The Morgan fingerprint density at radius 2 is 2.12 bits per heavy atom. The van der Waals surface area contributed by atoms with E-state index < -0.39 is 0 Å². The average molecular weight is 374 g/mol. The molecule has 1 aliphatic rings. The molecule has 1 aromatic heterocycles. The Kier molecular flexibility index (Phi) is 6.34. The summed E-state index contributed by atoms with van der Waals surface area (Å²) in [6, 6.07) is 9.16. The van der Waals surface area contributed by atoms with Gasteiger partial charge in [-0.25, -0.2) is 0 Å². The Morgan fingerprint density at radius 1 is 1.35 bits per heavy atom. The number of hydrogen-bond acceptors (Lipinski definition) is 6. The molecule has 6 nitrogen and oxygen atoms in total. The highest BCUT2D eigenvalue weighted by molar-refractivity contribution is 7.15. The molecule has 7 heteroatoms. The predicted octanol–water partition coefficient (Wildman–Crippen LogP) is 2.42. The van der Waals surface area contributed by atoms with Gasteiger partial charge in [0, 0.05) is 32.1 Å². The number of rotatable bonds is 7. The Balaban J connectivity index is 1.45. The average Bonchev–Trinajstić information content (AvgIpc) is 3.08. The molecule has 140 valence electrons. The van der Waals surface area contributed by atoms with Crippen LogP contribution in [0.1, 0.15) is 29.5 Å². The van der Waals surface area contributed by atoms with E-state index in [2.05, 4.69) is 63.7 Å². The van der Waals surface area contributed by atoms with Crippen molar-refractivity contribution in [2.24, 2.45) is 0 Å². The van der Waals surface area contributed by atoms with Gasteiger partial charge in [0.25, 0.3) is 0 Å². The second kappa shape index (κ2) is 8.70. The summed E-state index contributed by atoms with van der Waals surface area (Å²) in [5.41, 5.74) is 2.88. The number of likely N-dealkylation sites (N-methyl/N-ethyl adjacent to an activating group) is 2. The zero-order valence-corrected chi connectivity index (χ0v) is 16.6. The number of amides is 1. The summed E-state index contributed by atoms with van der Waals surface area (Å²) < 4.78 is 0. The molecule has 2 aromatic rings. The first kappa shape index (κ1) is 18.9. The number of nitrogens with zero attached hydrogens (tertiary/aromatic N) is 4. The van der Waals surface area contributed by atoms with E-state index in [4.69, 9.17) is 0 Å². The van der Waals surface area contributed by atoms with E-state index in [0.29, 0.717) is 17.6 Å². The third-order valence-electron chi connectivity index (χ3n) is 4.88. The monoisotopic (exact) mass is 373 g/mol. The Morgan fingerprint density at radius 3 is 2.85 bits per heavy atom. The molecule has 1 N–H and O–H groups in total. The third kappa shape index (κ3) is 4.87. The molecule has 0 fully saturated rings. The highest BCUT2D eigenvalue weighted by Crippen LogP contribution is 2.22. The van der Waals surface area contributed by atoms with Crippen LogP contribution in [-0.4, -0.2) is 59.1 Å². The van der Waals surface area contributed by atoms with Gasteiger partial charge in [-0.3, -0.25) is 9.69 Å². The van der Waals surface area contributed by atoms with Crippen LogP contribution in [0.3, 0.4) is 0 Å². The fraction of sp³-hybridized carbons (Fsp3) is 0.526. The molecule has 3 rings (SSSR count). The molecular weight excluding hydrogens is 346 g/mol. The maximum absolute atomic E-state index is 12.1. The highest BCUT2D eigenvalue weighted by atomic mass is 32.1. The topological polar surface area (TPSA) is 61.4 Å². The number of carbonyl (C=O) groups is 1. The Labute approximate surface area is 159 Å². The first-order chi connectivity index (χ1) is 12.5. The second-order valence-electron chi connectivity index (χ2n) is 6.96. The summed E-state index contributed by atoms with van der Waals surface area (Å²) in [4.78, 5) is 16.8. The van der Waals surface area contributed by atoms with E-state index in [1.54, 1.807) is 0 Å². The Hall–Kier alpha value is -1.83. The van der Waals surface area contributed by atoms with Crippen LogP contribution < -0.4 is 5.32 Å². The number of hydrogen-bond donors (Lipinski definition) is 1. The number of aromatic nitrogens is 2. The van der Waals surface area contributed by atoms with Crippen molar-refractivity contribution in [2.75, 3.05) is 32.5 Å². The van der Waals surface area contributed by atoms with E-state index >= 15 is 0 Å². The number of anilines is 1. The van der Waals surface area contributed by atoms with Crippen molar-refractivity contribution in [1.82, 2.24) is 20.0 Å². The first-order valence-corrected chi connectivity index (χ1v) is 9.94. The van der Waals surface area contributed by atoms with Gasteiger partial charge in [-0.2, -0.15) is 0 Å². The maximum atomic E-state index is 12.1. The van der Waals surface area contributed by atoms with Crippen LogP contribution in [0, 0.1) is 0 Å². The van der Waals surface area contributed by atoms with Gasteiger partial charge in [0.1, 0.15) is 5.01 Å². The minimum absolute atomic E-state index is 0.00185. The van der Waals surface area contributed by atoms with Gasteiger partial charge in [-0.05, 0) is 38.1 Å². The van der Waals surface area contributed by atoms with E-state index in [0.717, 1.165) is 37.5 Å². The number of nitrogens with one attached hydrogen (secondary N) is 1. The molecule has 1 amide bonds. The minimum Gasteiger partial charge on any atom is -0.304 e. The number of benzene rings is 1. The van der Waals surface area contributed by atoms with Crippen molar-refractivity contribution in [1.29, 1.82) is 0 Å². The van der Waals surface area contributed by atoms with Crippen LogP contribution >= 0.6 is 11.3 Å². The van der Waals surface area contributed by atoms with Crippen LogP contribution in [0.2, 0.25) is 0 Å². The SMILES string of the molecule is CCc1nnc(NC(=O)CCN(C)CC2Cc3ccccc3CN2C)s1. The maximum Gasteiger partial charge on any atom is 0.227 e. The molecule has 1 aliphatic heterocycles. The standard InChI is InChI=1S/C19H27N5OS/c1-4-18-21-22-19(26-18)20-17(25)9-10-23(2)13-16-11-14-7-5-6-8-15(14)12-24(16)3/h5-8,16H,4,9-13H2,1-3H3,(H,20,22,25). The van der Waals surface area contributed by atoms with Gasteiger partial charge in [-0.15, -0.1) is 10.2 Å². The van der Waals surface area contributed by atoms with Crippen molar-refractivity contribution in [3.63, 3.8) is 0 Å². The quantitative estimate of drug-likeness (QED) is 0.808. The van der Waals surface area contributed by atoms with Crippen molar-refractivity contribution in [3.05, 3.63) is 40.4 Å². The molecule has 1 atom stereocenters. The van der Waals surface area contributed by atoms with Crippen molar-refractivity contribution < 1.29 is 4.79 Å². The highest BCUT2D eigenvalue weighted by Gasteiger charge is 2.24. The lowest BCUT2D eigenvalue weighted by molar-refractivity contribution is -0.116. The summed E-state index contributed by atoms with van der Waals surface area (Å²) >= 11 is 1.44. The molecule has 0 saturated heterocycles. The molecule has 1 unspecified atom stereocenters. The van der Waals surface area contributed by atoms with Crippen molar-refractivity contribution >= 4 is 22.4 Å². The summed E-state index contributed by atoms with van der Waals surface area (Å²) in [5.74, 6) is -0.00185. The number of carbonyl (C=O) groups excluding carboxylic acids is 1. The molecule has 2 heterocycles. The largest absolute Gasteiger partial charge is 0.304 e. The molecular formula is C19H27N5OS. The van der Waals surface area contributed by atoms with E-state index in [1.807, 2.05) is 6.92 Å². The number of aryl methyl sites for hydroxylation is 1. The van der Waals surface area contributed by atoms with E-state index in [9.17, 15) is 4.79 Å². The zero-order valence-electron chi connectivity index (χ0n) is 15.7. The normalized spacial score (nSPS) is 17.3. The van der Waals surface area contributed by atoms with Gasteiger partial charge < -0.3 is 10.2 Å². The molecule has 0 bridgehead atoms. The lowest BCUT2D eigenvalue weighted by atomic mass is 9.94. The third-order valence-corrected chi connectivity index (χ3v) is 5.86. The fourth-order valence-electron chi connectivity index (χ4n) is 3.29. The van der Waals surface area contributed by atoms with Gasteiger partial charge >= 0.3 is 0 Å². The summed E-state index contributed by atoms with van der Waals surface area (Å²) in [5, 5.41) is 12.4. The Bertz CT molecular complexity index is 747. The molecule has 0 aliphatic carbocycles. The molecule has 0 saturated carbocycles. The van der Waals surface area contributed by atoms with E-state index in [1.165, 1.54) is 22.5 Å². The predicted molar refractivity (Wildman–Crippen MR) is 105 cm³/mol. The minimum atomic E-state index is -0.00185. The molecule has 1 aromatic carbocycles.